The van der Waals surface area contributed by atoms with Crippen LogP contribution in [0.5, 0.6) is 0 Å². The molecule has 17 heavy (non-hydrogen) atoms. The number of rotatable bonds is 5. The summed E-state index contributed by atoms with van der Waals surface area (Å²) in [4.78, 5) is 11.5. The second kappa shape index (κ2) is 5.31. The van der Waals surface area contributed by atoms with Crippen LogP contribution in [0.4, 0.5) is 0 Å². The first-order chi connectivity index (χ1) is 7.80. The Morgan fingerprint density at radius 3 is 2.65 bits per heavy atom. The second-order valence-corrected chi connectivity index (χ2v) is 4.98. The molecule has 5 nitrogen and oxygen atoms in total. The molecule has 0 saturated carbocycles. The molecule has 0 aromatic carbocycles. The lowest BCUT2D eigenvalue weighted by molar-refractivity contribution is -0.125. The smallest absolute Gasteiger partial charge is 0.239 e. The van der Waals surface area contributed by atoms with Crippen LogP contribution in [0, 0.1) is 13.8 Å². The van der Waals surface area contributed by atoms with Crippen molar-refractivity contribution in [2.24, 2.45) is 5.73 Å². The van der Waals surface area contributed by atoms with Gasteiger partial charge in [-0.1, -0.05) is 0 Å². The topological polar surface area (TPSA) is 72.9 Å². The highest BCUT2D eigenvalue weighted by Crippen LogP contribution is 2.02. The first-order valence-corrected chi connectivity index (χ1v) is 5.89. The Bertz CT molecular complexity index is 390. The summed E-state index contributed by atoms with van der Waals surface area (Å²) in [6.07, 6.45) is 0.851. The lowest BCUT2D eigenvalue weighted by Gasteiger charge is -2.17. The van der Waals surface area contributed by atoms with Gasteiger partial charge in [0.25, 0.3) is 0 Å². The zero-order valence-electron chi connectivity index (χ0n) is 11.1. The van der Waals surface area contributed by atoms with Crippen molar-refractivity contribution in [1.82, 2.24) is 15.1 Å². The molecular weight excluding hydrogens is 216 g/mol. The number of nitrogens with zero attached hydrogens (tertiary/aromatic N) is 2. The zero-order chi connectivity index (χ0) is 13.1. The van der Waals surface area contributed by atoms with E-state index in [1.54, 1.807) is 13.8 Å². The van der Waals surface area contributed by atoms with Gasteiger partial charge in [-0.2, -0.15) is 5.10 Å². The normalized spacial score (nSPS) is 11.6. The van der Waals surface area contributed by atoms with Gasteiger partial charge in [-0.15, -0.1) is 0 Å². The van der Waals surface area contributed by atoms with E-state index in [4.69, 9.17) is 5.73 Å². The molecule has 0 spiro atoms. The fourth-order valence-electron chi connectivity index (χ4n) is 1.56. The van der Waals surface area contributed by atoms with Crippen molar-refractivity contribution >= 4 is 5.91 Å². The van der Waals surface area contributed by atoms with Gasteiger partial charge in [-0.05, 0) is 40.2 Å². The van der Waals surface area contributed by atoms with Crippen LogP contribution in [-0.2, 0) is 11.3 Å². The summed E-state index contributed by atoms with van der Waals surface area (Å²) < 4.78 is 1.95. The van der Waals surface area contributed by atoms with Crippen LogP contribution >= 0.6 is 0 Å². The number of aryl methyl sites for hydroxylation is 3. The number of carbonyl (C=O) groups excluding carboxylic acids is 1. The number of nitrogens with one attached hydrogen (secondary N) is 1. The maximum atomic E-state index is 11.5. The molecule has 0 fully saturated rings. The maximum Gasteiger partial charge on any atom is 0.239 e. The van der Waals surface area contributed by atoms with Gasteiger partial charge in [0.05, 0.1) is 11.2 Å². The number of aromatic nitrogens is 2. The predicted octanol–water partition coefficient (Wildman–Crippen LogP) is 0.744. The van der Waals surface area contributed by atoms with E-state index in [-0.39, 0.29) is 5.91 Å². The summed E-state index contributed by atoms with van der Waals surface area (Å²) >= 11 is 0. The van der Waals surface area contributed by atoms with Crippen molar-refractivity contribution in [3.8, 4) is 0 Å². The summed E-state index contributed by atoms with van der Waals surface area (Å²) in [6, 6.07) is 2.04. The molecule has 96 valence electrons. The highest BCUT2D eigenvalue weighted by atomic mass is 16.2. The van der Waals surface area contributed by atoms with E-state index in [9.17, 15) is 4.79 Å². The number of carbonyl (C=O) groups is 1. The van der Waals surface area contributed by atoms with Crippen molar-refractivity contribution in [3.63, 3.8) is 0 Å². The summed E-state index contributed by atoms with van der Waals surface area (Å²) in [7, 11) is 0. The summed E-state index contributed by atoms with van der Waals surface area (Å²) in [5.41, 5.74) is 7.03. The molecule has 1 heterocycles. The lowest BCUT2D eigenvalue weighted by atomic mass is 10.1. The van der Waals surface area contributed by atoms with Gasteiger partial charge < -0.3 is 11.1 Å². The van der Waals surface area contributed by atoms with E-state index in [1.165, 1.54) is 0 Å². The van der Waals surface area contributed by atoms with Gasteiger partial charge in [0.15, 0.2) is 0 Å². The largest absolute Gasteiger partial charge is 0.354 e. The molecule has 0 aliphatic rings. The molecule has 0 atom stereocenters. The molecule has 1 amide bonds. The monoisotopic (exact) mass is 238 g/mol. The van der Waals surface area contributed by atoms with Crippen molar-refractivity contribution in [2.45, 2.75) is 46.2 Å². The average Bonchev–Trinajstić information content (AvgIpc) is 2.50. The van der Waals surface area contributed by atoms with E-state index >= 15 is 0 Å². The Balaban J connectivity index is 2.30. The number of hydrogen-bond acceptors (Lipinski definition) is 3. The maximum absolute atomic E-state index is 11.5. The highest BCUT2D eigenvalue weighted by molar-refractivity contribution is 5.84. The Morgan fingerprint density at radius 2 is 2.18 bits per heavy atom. The fraction of sp³-hybridized carbons (Fsp3) is 0.667. The zero-order valence-corrected chi connectivity index (χ0v) is 11.1. The van der Waals surface area contributed by atoms with E-state index in [1.807, 2.05) is 24.6 Å². The second-order valence-electron chi connectivity index (χ2n) is 4.98. The van der Waals surface area contributed by atoms with Crippen molar-refractivity contribution in [2.75, 3.05) is 6.54 Å². The molecule has 0 radical (unpaired) electrons. The minimum absolute atomic E-state index is 0.120. The van der Waals surface area contributed by atoms with Crippen LogP contribution in [0.2, 0.25) is 0 Å². The summed E-state index contributed by atoms with van der Waals surface area (Å²) in [6.45, 7) is 8.83. The first-order valence-electron chi connectivity index (χ1n) is 5.89. The molecular formula is C12H22N4O. The fourth-order valence-corrected chi connectivity index (χ4v) is 1.56. The molecule has 1 rings (SSSR count). The summed E-state index contributed by atoms with van der Waals surface area (Å²) in [5.74, 6) is -0.120. The standard InChI is InChI=1S/C12H22N4O/c1-9-8-10(2)16(15-9)7-5-6-14-11(17)12(3,4)13/h8H,5-7,13H2,1-4H3,(H,14,17). The Hall–Kier alpha value is -1.36. The highest BCUT2D eigenvalue weighted by Gasteiger charge is 2.20. The van der Waals surface area contributed by atoms with Gasteiger partial charge in [-0.25, -0.2) is 0 Å². The quantitative estimate of drug-likeness (QED) is 0.743. The van der Waals surface area contributed by atoms with E-state index < -0.39 is 5.54 Å². The minimum atomic E-state index is -0.807. The molecule has 1 aromatic heterocycles. The van der Waals surface area contributed by atoms with Crippen molar-refractivity contribution < 1.29 is 4.79 Å². The third-order valence-electron chi connectivity index (χ3n) is 2.52. The van der Waals surface area contributed by atoms with Gasteiger partial charge >= 0.3 is 0 Å². The molecule has 0 aliphatic heterocycles. The SMILES string of the molecule is Cc1cc(C)n(CCCNC(=O)C(C)(C)N)n1. The Morgan fingerprint density at radius 1 is 1.53 bits per heavy atom. The number of amides is 1. The minimum Gasteiger partial charge on any atom is -0.354 e. The molecule has 0 bridgehead atoms. The van der Waals surface area contributed by atoms with Crippen LogP contribution in [0.1, 0.15) is 31.7 Å². The third-order valence-corrected chi connectivity index (χ3v) is 2.52. The third kappa shape index (κ3) is 4.19. The van der Waals surface area contributed by atoms with Gasteiger partial charge in [0, 0.05) is 18.8 Å². The van der Waals surface area contributed by atoms with Gasteiger partial charge in [0.2, 0.25) is 5.91 Å². The molecule has 1 aromatic rings. The van der Waals surface area contributed by atoms with Crippen LogP contribution in [0.3, 0.4) is 0 Å². The van der Waals surface area contributed by atoms with E-state index in [0.717, 1.165) is 24.4 Å². The first kappa shape index (κ1) is 13.7. The summed E-state index contributed by atoms with van der Waals surface area (Å²) in [5, 5.41) is 7.17. The van der Waals surface area contributed by atoms with Gasteiger partial charge in [-0.3, -0.25) is 9.48 Å². The predicted molar refractivity (Wildman–Crippen MR) is 67.6 cm³/mol. The van der Waals surface area contributed by atoms with E-state index in [2.05, 4.69) is 10.4 Å². The van der Waals surface area contributed by atoms with Crippen molar-refractivity contribution in [3.05, 3.63) is 17.5 Å². The molecule has 5 heteroatoms. The van der Waals surface area contributed by atoms with Crippen LogP contribution in [0.25, 0.3) is 0 Å². The van der Waals surface area contributed by atoms with Crippen molar-refractivity contribution in [1.29, 1.82) is 0 Å². The Kier molecular flexibility index (Phi) is 4.28. The average molecular weight is 238 g/mol. The van der Waals surface area contributed by atoms with Crippen LogP contribution < -0.4 is 11.1 Å². The van der Waals surface area contributed by atoms with Gasteiger partial charge in [0.1, 0.15) is 0 Å². The lowest BCUT2D eigenvalue weighted by Crippen LogP contribution is -2.49. The van der Waals surface area contributed by atoms with Crippen LogP contribution in [-0.4, -0.2) is 27.8 Å². The molecule has 0 aliphatic carbocycles. The number of nitrogens with two attached hydrogens (primary N) is 1. The number of hydrogen-bond donors (Lipinski definition) is 2. The Labute approximate surface area is 102 Å². The van der Waals surface area contributed by atoms with Crippen LogP contribution in [0.15, 0.2) is 6.07 Å². The molecule has 3 N–H and O–H groups in total. The van der Waals surface area contributed by atoms with E-state index in [0.29, 0.717) is 6.54 Å². The molecule has 0 saturated heterocycles. The molecule has 0 unspecified atom stereocenters.